The number of hydrogen-bond donors (Lipinski definition) is 1. The summed E-state index contributed by atoms with van der Waals surface area (Å²) < 4.78 is 7.01. The molecule has 0 amide bonds. The molecule has 4 heteroatoms. The lowest BCUT2D eigenvalue weighted by atomic mass is 10.1. The minimum Gasteiger partial charge on any atom is -0.395 e. The van der Waals surface area contributed by atoms with Crippen molar-refractivity contribution in [2.75, 3.05) is 40.0 Å². The summed E-state index contributed by atoms with van der Waals surface area (Å²) in [5, 5.41) is 10.1. The lowest BCUT2D eigenvalue weighted by Crippen LogP contribution is -2.26. The maximum Gasteiger partial charge on any atom is 0.0593 e. The first kappa shape index (κ1) is 15.4. The molecule has 0 aliphatic heterocycles. The van der Waals surface area contributed by atoms with Gasteiger partial charge in [-0.15, -0.1) is 11.3 Å². The van der Waals surface area contributed by atoms with E-state index in [1.54, 1.807) is 0 Å². The molecule has 1 aromatic heterocycles. The summed E-state index contributed by atoms with van der Waals surface area (Å²) >= 11 is 1.84. The summed E-state index contributed by atoms with van der Waals surface area (Å²) in [6, 6.07) is 8.91. The molecule has 0 atom stereocenters. The lowest BCUT2D eigenvalue weighted by Gasteiger charge is -2.14. The second-order valence-electron chi connectivity index (χ2n) is 5.12. The Bertz CT molecular complexity index is 538. The molecule has 1 heterocycles. The molecule has 0 aliphatic carbocycles. The van der Waals surface area contributed by atoms with Gasteiger partial charge in [-0.1, -0.05) is 12.1 Å². The monoisotopic (exact) mass is 293 g/mol. The van der Waals surface area contributed by atoms with Gasteiger partial charge in [0, 0.05) is 22.7 Å². The van der Waals surface area contributed by atoms with Gasteiger partial charge in [-0.2, -0.15) is 0 Å². The van der Waals surface area contributed by atoms with Crippen molar-refractivity contribution in [3.8, 4) is 0 Å². The smallest absolute Gasteiger partial charge is 0.0593 e. The van der Waals surface area contributed by atoms with Crippen molar-refractivity contribution in [3.05, 3.63) is 34.7 Å². The van der Waals surface area contributed by atoms with E-state index in [9.17, 15) is 0 Å². The minimum absolute atomic E-state index is 0.205. The Labute approximate surface area is 124 Å². The topological polar surface area (TPSA) is 32.7 Å². The fraction of sp³-hybridized carbons (Fsp3) is 0.500. The normalized spacial score (nSPS) is 11.6. The summed E-state index contributed by atoms with van der Waals surface area (Å²) in [5.41, 5.74) is 1.33. The second kappa shape index (κ2) is 7.74. The first-order chi connectivity index (χ1) is 9.69. The van der Waals surface area contributed by atoms with Crippen LogP contribution in [0.2, 0.25) is 0 Å². The standard InChI is InChI=1S/C16H23NO2S/c1-13-11-15-12-14(3-4-16(15)20-13)5-9-19-10-7-17(2)6-8-18/h3-4,11-12,18H,5-10H2,1-2H3. The molecular formula is C16H23NO2S. The molecule has 0 unspecified atom stereocenters. The van der Waals surface area contributed by atoms with Gasteiger partial charge in [0.15, 0.2) is 0 Å². The van der Waals surface area contributed by atoms with Crippen molar-refractivity contribution in [3.63, 3.8) is 0 Å². The summed E-state index contributed by atoms with van der Waals surface area (Å²) in [6.07, 6.45) is 0.953. The van der Waals surface area contributed by atoms with Gasteiger partial charge in [-0.3, -0.25) is 0 Å². The van der Waals surface area contributed by atoms with Gasteiger partial charge in [0.1, 0.15) is 0 Å². The molecule has 2 aromatic rings. The number of rotatable bonds is 8. The van der Waals surface area contributed by atoms with E-state index in [4.69, 9.17) is 9.84 Å². The highest BCUT2D eigenvalue weighted by Gasteiger charge is 2.01. The predicted molar refractivity (Wildman–Crippen MR) is 85.7 cm³/mol. The van der Waals surface area contributed by atoms with Crippen LogP contribution < -0.4 is 0 Å². The summed E-state index contributed by atoms with van der Waals surface area (Å²) in [4.78, 5) is 3.43. The molecule has 0 radical (unpaired) electrons. The van der Waals surface area contributed by atoms with Crippen LogP contribution in [0.25, 0.3) is 10.1 Å². The van der Waals surface area contributed by atoms with Crippen LogP contribution in [0.15, 0.2) is 24.3 Å². The van der Waals surface area contributed by atoms with Crippen molar-refractivity contribution in [2.45, 2.75) is 13.3 Å². The molecule has 0 saturated heterocycles. The van der Waals surface area contributed by atoms with Gasteiger partial charge in [0.25, 0.3) is 0 Å². The van der Waals surface area contributed by atoms with Gasteiger partial charge >= 0.3 is 0 Å². The van der Waals surface area contributed by atoms with E-state index >= 15 is 0 Å². The number of ether oxygens (including phenoxy) is 1. The van der Waals surface area contributed by atoms with Crippen molar-refractivity contribution >= 4 is 21.4 Å². The van der Waals surface area contributed by atoms with Crippen LogP contribution in [0.3, 0.4) is 0 Å². The van der Waals surface area contributed by atoms with Gasteiger partial charge < -0.3 is 14.7 Å². The van der Waals surface area contributed by atoms with Crippen molar-refractivity contribution in [1.82, 2.24) is 4.90 Å². The van der Waals surface area contributed by atoms with E-state index in [-0.39, 0.29) is 6.61 Å². The highest BCUT2D eigenvalue weighted by Crippen LogP contribution is 2.25. The number of aliphatic hydroxyl groups is 1. The average molecular weight is 293 g/mol. The van der Waals surface area contributed by atoms with Crippen LogP contribution in [0, 0.1) is 6.92 Å². The molecule has 20 heavy (non-hydrogen) atoms. The highest BCUT2D eigenvalue weighted by molar-refractivity contribution is 7.19. The number of nitrogens with zero attached hydrogens (tertiary/aromatic N) is 1. The largest absolute Gasteiger partial charge is 0.395 e. The summed E-state index contributed by atoms with van der Waals surface area (Å²) in [5.74, 6) is 0. The van der Waals surface area contributed by atoms with Gasteiger partial charge in [0.2, 0.25) is 0 Å². The van der Waals surface area contributed by atoms with Crippen LogP contribution in [0.5, 0.6) is 0 Å². The molecule has 1 N–H and O–H groups in total. The average Bonchev–Trinajstić information content (AvgIpc) is 2.78. The van der Waals surface area contributed by atoms with Crippen LogP contribution in [0.1, 0.15) is 10.4 Å². The second-order valence-corrected chi connectivity index (χ2v) is 6.41. The van der Waals surface area contributed by atoms with E-state index in [2.05, 4.69) is 36.1 Å². The third kappa shape index (κ3) is 4.56. The van der Waals surface area contributed by atoms with Gasteiger partial charge in [-0.05, 0) is 43.5 Å². The number of aliphatic hydroxyl groups excluding tert-OH is 1. The maximum atomic E-state index is 8.79. The molecule has 110 valence electrons. The molecule has 0 bridgehead atoms. The third-order valence-electron chi connectivity index (χ3n) is 3.34. The Kier molecular flexibility index (Phi) is 5.98. The fourth-order valence-corrected chi connectivity index (χ4v) is 3.08. The predicted octanol–water partition coefficient (Wildman–Crippen LogP) is 2.69. The molecule has 0 spiro atoms. The van der Waals surface area contributed by atoms with E-state index in [1.165, 1.54) is 20.5 Å². The Morgan fingerprint density at radius 2 is 2.05 bits per heavy atom. The third-order valence-corrected chi connectivity index (χ3v) is 4.37. The van der Waals surface area contributed by atoms with E-state index in [1.807, 2.05) is 18.4 Å². The quantitative estimate of drug-likeness (QED) is 0.760. The Hall–Kier alpha value is -0.940. The number of benzene rings is 1. The minimum atomic E-state index is 0.205. The highest BCUT2D eigenvalue weighted by atomic mass is 32.1. The van der Waals surface area contributed by atoms with E-state index < -0.39 is 0 Å². The first-order valence-electron chi connectivity index (χ1n) is 7.05. The Balaban J connectivity index is 1.72. The molecule has 0 aliphatic rings. The molecule has 0 fully saturated rings. The maximum absolute atomic E-state index is 8.79. The number of likely N-dealkylation sites (N-methyl/N-ethyl adjacent to an activating group) is 1. The zero-order chi connectivity index (χ0) is 14.4. The molecule has 1 aromatic carbocycles. The summed E-state index contributed by atoms with van der Waals surface area (Å²) in [6.45, 7) is 5.39. The first-order valence-corrected chi connectivity index (χ1v) is 7.87. The van der Waals surface area contributed by atoms with E-state index in [0.29, 0.717) is 6.54 Å². The number of thiophene rings is 1. The summed E-state index contributed by atoms with van der Waals surface area (Å²) in [7, 11) is 1.99. The molecule has 0 saturated carbocycles. The van der Waals surface area contributed by atoms with Crippen molar-refractivity contribution in [1.29, 1.82) is 0 Å². The van der Waals surface area contributed by atoms with Gasteiger partial charge in [-0.25, -0.2) is 0 Å². The zero-order valence-corrected chi connectivity index (χ0v) is 13.1. The lowest BCUT2D eigenvalue weighted by molar-refractivity contribution is 0.107. The van der Waals surface area contributed by atoms with Crippen LogP contribution in [0.4, 0.5) is 0 Å². The zero-order valence-electron chi connectivity index (χ0n) is 12.3. The molecule has 3 nitrogen and oxygen atoms in total. The van der Waals surface area contributed by atoms with Crippen LogP contribution in [-0.4, -0.2) is 50.0 Å². The number of hydrogen-bond acceptors (Lipinski definition) is 4. The molecule has 2 rings (SSSR count). The number of fused-ring (bicyclic) bond motifs is 1. The Morgan fingerprint density at radius 1 is 1.20 bits per heavy atom. The number of aryl methyl sites for hydroxylation is 1. The van der Waals surface area contributed by atoms with Crippen LogP contribution >= 0.6 is 11.3 Å². The SMILES string of the molecule is Cc1cc2cc(CCOCCN(C)CCO)ccc2s1. The van der Waals surface area contributed by atoms with Crippen molar-refractivity contribution < 1.29 is 9.84 Å². The fourth-order valence-electron chi connectivity index (χ4n) is 2.18. The van der Waals surface area contributed by atoms with Crippen molar-refractivity contribution in [2.24, 2.45) is 0 Å². The Morgan fingerprint density at radius 3 is 2.85 bits per heavy atom. The molecular weight excluding hydrogens is 270 g/mol. The van der Waals surface area contributed by atoms with Crippen LogP contribution in [-0.2, 0) is 11.2 Å². The van der Waals surface area contributed by atoms with E-state index in [0.717, 1.165) is 26.2 Å². The van der Waals surface area contributed by atoms with Gasteiger partial charge in [0.05, 0.1) is 19.8 Å².